The van der Waals surface area contributed by atoms with Crippen molar-refractivity contribution in [3.8, 4) is 0 Å². The van der Waals surface area contributed by atoms with Crippen LogP contribution >= 0.6 is 0 Å². The third kappa shape index (κ3) is 2.42. The molecular formula is C14H20N4O. The number of H-pyrrole nitrogens is 1. The zero-order chi connectivity index (χ0) is 13.2. The van der Waals surface area contributed by atoms with E-state index in [0.717, 1.165) is 24.4 Å². The van der Waals surface area contributed by atoms with Crippen LogP contribution in [0.15, 0.2) is 23.0 Å². The third-order valence-corrected chi connectivity index (χ3v) is 4.14. The number of fused-ring (bicyclic) bond motifs is 1. The van der Waals surface area contributed by atoms with Crippen LogP contribution in [0.25, 0.3) is 5.65 Å². The molecule has 5 nitrogen and oxygen atoms in total. The summed E-state index contributed by atoms with van der Waals surface area (Å²) in [6, 6.07) is 5.24. The maximum absolute atomic E-state index is 11.9. The highest BCUT2D eigenvalue weighted by molar-refractivity contribution is 5.37. The molecule has 3 rings (SSSR count). The number of rotatable bonds is 3. The Morgan fingerprint density at radius 1 is 1.37 bits per heavy atom. The number of nitrogens with one attached hydrogen (secondary N) is 1. The minimum Gasteiger partial charge on any atom is -0.304 e. The van der Waals surface area contributed by atoms with E-state index in [9.17, 15) is 4.79 Å². The number of likely N-dealkylation sites (tertiary alicyclic amines) is 1. The van der Waals surface area contributed by atoms with Crippen LogP contribution in [0.1, 0.15) is 25.6 Å². The molecule has 0 spiro atoms. The van der Waals surface area contributed by atoms with E-state index in [1.807, 2.05) is 6.07 Å². The lowest BCUT2D eigenvalue weighted by atomic mass is 9.93. The van der Waals surface area contributed by atoms with Crippen molar-refractivity contribution in [1.82, 2.24) is 19.5 Å². The first kappa shape index (κ1) is 12.4. The average molecular weight is 260 g/mol. The van der Waals surface area contributed by atoms with Crippen LogP contribution in [0.4, 0.5) is 0 Å². The Morgan fingerprint density at radius 3 is 2.89 bits per heavy atom. The normalized spacial score (nSPS) is 18.2. The molecule has 0 atom stereocenters. The Hall–Kier alpha value is -1.62. The molecule has 0 bridgehead atoms. The third-order valence-electron chi connectivity index (χ3n) is 4.14. The average Bonchev–Trinajstić information content (AvgIpc) is 2.84. The van der Waals surface area contributed by atoms with Crippen LogP contribution in [0, 0.1) is 5.92 Å². The molecule has 5 heteroatoms. The van der Waals surface area contributed by atoms with Gasteiger partial charge in [-0.05, 0) is 44.5 Å². The Kier molecular flexibility index (Phi) is 3.38. The summed E-state index contributed by atoms with van der Waals surface area (Å²) in [6.07, 6.45) is 3.29. The molecule has 0 amide bonds. The van der Waals surface area contributed by atoms with Gasteiger partial charge in [0.2, 0.25) is 0 Å². The first-order chi connectivity index (χ1) is 9.28. The molecule has 1 saturated heterocycles. The van der Waals surface area contributed by atoms with Gasteiger partial charge in [0.1, 0.15) is 11.5 Å². The highest BCUT2D eigenvalue weighted by atomic mass is 16.1. The number of hydrogen-bond donors (Lipinski definition) is 1. The molecule has 0 saturated carbocycles. The van der Waals surface area contributed by atoms with Crippen LogP contribution in [0.3, 0.4) is 0 Å². The second-order valence-corrected chi connectivity index (χ2v) is 5.31. The van der Waals surface area contributed by atoms with Gasteiger partial charge in [-0.25, -0.2) is 4.40 Å². The van der Waals surface area contributed by atoms with Crippen molar-refractivity contribution in [3.05, 3.63) is 34.4 Å². The van der Waals surface area contributed by atoms with Crippen molar-refractivity contribution < 1.29 is 0 Å². The SMILES string of the molecule is CCN1CCC(Cc2n[nH]c3cccc(=O)n23)CC1. The van der Waals surface area contributed by atoms with E-state index in [-0.39, 0.29) is 5.56 Å². The van der Waals surface area contributed by atoms with Gasteiger partial charge in [-0.2, -0.15) is 5.10 Å². The van der Waals surface area contributed by atoms with E-state index < -0.39 is 0 Å². The zero-order valence-corrected chi connectivity index (χ0v) is 11.3. The van der Waals surface area contributed by atoms with E-state index in [1.165, 1.54) is 25.9 Å². The Balaban J connectivity index is 1.77. The predicted molar refractivity (Wildman–Crippen MR) is 74.4 cm³/mol. The molecular weight excluding hydrogens is 240 g/mol. The predicted octanol–water partition coefficient (Wildman–Crippen LogP) is 1.30. The lowest BCUT2D eigenvalue weighted by Crippen LogP contribution is -2.34. The minimum absolute atomic E-state index is 0.00671. The lowest BCUT2D eigenvalue weighted by molar-refractivity contribution is 0.190. The molecule has 2 aromatic heterocycles. The summed E-state index contributed by atoms with van der Waals surface area (Å²) in [7, 11) is 0. The van der Waals surface area contributed by atoms with Crippen molar-refractivity contribution in [1.29, 1.82) is 0 Å². The smallest absolute Gasteiger partial charge is 0.257 e. The topological polar surface area (TPSA) is 53.4 Å². The summed E-state index contributed by atoms with van der Waals surface area (Å²) in [5.41, 5.74) is 0.792. The highest BCUT2D eigenvalue weighted by Gasteiger charge is 2.20. The first-order valence-electron chi connectivity index (χ1n) is 7.05. The number of pyridine rings is 1. The van der Waals surface area contributed by atoms with Crippen LogP contribution < -0.4 is 5.56 Å². The molecule has 3 heterocycles. The second kappa shape index (κ2) is 5.17. The van der Waals surface area contributed by atoms with Crippen molar-refractivity contribution >= 4 is 5.65 Å². The molecule has 0 aromatic carbocycles. The summed E-state index contributed by atoms with van der Waals surface area (Å²) in [4.78, 5) is 14.4. The zero-order valence-electron chi connectivity index (χ0n) is 11.3. The van der Waals surface area contributed by atoms with Gasteiger partial charge in [0, 0.05) is 12.5 Å². The molecule has 0 unspecified atom stereocenters. The van der Waals surface area contributed by atoms with Gasteiger partial charge < -0.3 is 4.90 Å². The van der Waals surface area contributed by atoms with Crippen LogP contribution in [-0.4, -0.2) is 39.1 Å². The van der Waals surface area contributed by atoms with E-state index in [1.54, 1.807) is 16.5 Å². The largest absolute Gasteiger partial charge is 0.304 e. The maximum Gasteiger partial charge on any atom is 0.257 e. The molecule has 1 fully saturated rings. The summed E-state index contributed by atoms with van der Waals surface area (Å²) in [5.74, 6) is 1.51. The number of piperidine rings is 1. The first-order valence-corrected chi connectivity index (χ1v) is 7.05. The van der Waals surface area contributed by atoms with Crippen molar-refractivity contribution in [2.75, 3.05) is 19.6 Å². The van der Waals surface area contributed by atoms with Crippen molar-refractivity contribution in [2.45, 2.75) is 26.2 Å². The Bertz CT molecular complexity index is 607. The highest BCUT2D eigenvalue weighted by Crippen LogP contribution is 2.20. The number of nitrogens with zero attached hydrogens (tertiary/aromatic N) is 3. The standard InChI is InChI=1S/C14H20N4O/c1-2-17-8-6-11(7-9-17)10-13-16-15-12-4-3-5-14(19)18(12)13/h3-5,11,15H,2,6-10H2,1H3. The molecule has 2 aromatic rings. The fourth-order valence-electron chi connectivity index (χ4n) is 2.92. The van der Waals surface area contributed by atoms with Gasteiger partial charge in [-0.3, -0.25) is 9.89 Å². The summed E-state index contributed by atoms with van der Waals surface area (Å²) in [6.45, 7) is 5.68. The van der Waals surface area contributed by atoms with Gasteiger partial charge >= 0.3 is 0 Å². The molecule has 0 radical (unpaired) electrons. The van der Waals surface area contributed by atoms with Gasteiger partial charge in [-0.1, -0.05) is 13.0 Å². The fraction of sp³-hybridized carbons (Fsp3) is 0.571. The van der Waals surface area contributed by atoms with Crippen LogP contribution in [-0.2, 0) is 6.42 Å². The van der Waals surface area contributed by atoms with E-state index in [4.69, 9.17) is 0 Å². The van der Waals surface area contributed by atoms with E-state index in [0.29, 0.717) is 5.92 Å². The summed E-state index contributed by atoms with van der Waals surface area (Å²) < 4.78 is 1.70. The van der Waals surface area contributed by atoms with Crippen molar-refractivity contribution in [3.63, 3.8) is 0 Å². The van der Waals surface area contributed by atoms with Gasteiger partial charge in [0.15, 0.2) is 0 Å². The molecule has 1 aliphatic heterocycles. The quantitative estimate of drug-likeness (QED) is 0.905. The lowest BCUT2D eigenvalue weighted by Gasteiger charge is -2.30. The van der Waals surface area contributed by atoms with Crippen LogP contribution in [0.2, 0.25) is 0 Å². The van der Waals surface area contributed by atoms with Gasteiger partial charge in [0.05, 0.1) is 0 Å². The monoisotopic (exact) mass is 260 g/mol. The number of hydrogen-bond acceptors (Lipinski definition) is 3. The van der Waals surface area contributed by atoms with E-state index in [2.05, 4.69) is 22.0 Å². The van der Waals surface area contributed by atoms with Gasteiger partial charge in [-0.15, -0.1) is 0 Å². The number of aromatic amines is 1. The molecule has 102 valence electrons. The summed E-state index contributed by atoms with van der Waals surface area (Å²) in [5, 5.41) is 7.25. The molecule has 19 heavy (non-hydrogen) atoms. The summed E-state index contributed by atoms with van der Waals surface area (Å²) >= 11 is 0. The Morgan fingerprint density at radius 2 is 2.16 bits per heavy atom. The number of aromatic nitrogens is 3. The van der Waals surface area contributed by atoms with Crippen LogP contribution in [0.5, 0.6) is 0 Å². The van der Waals surface area contributed by atoms with E-state index >= 15 is 0 Å². The molecule has 0 aliphatic carbocycles. The maximum atomic E-state index is 11.9. The molecule has 1 aliphatic rings. The van der Waals surface area contributed by atoms with Crippen molar-refractivity contribution in [2.24, 2.45) is 5.92 Å². The Labute approximate surface area is 112 Å². The fourth-order valence-corrected chi connectivity index (χ4v) is 2.92. The second-order valence-electron chi connectivity index (χ2n) is 5.31. The van der Waals surface area contributed by atoms with Gasteiger partial charge in [0.25, 0.3) is 5.56 Å². The molecule has 1 N–H and O–H groups in total. The minimum atomic E-state index is 0.00671.